The molecule has 0 aliphatic rings. The van der Waals surface area contributed by atoms with Gasteiger partial charge in [-0.1, -0.05) is 29.8 Å². The van der Waals surface area contributed by atoms with Crippen LogP contribution in [0.4, 0.5) is 13.2 Å². The number of pyridine rings is 1. The molecule has 0 bridgehead atoms. The van der Waals surface area contributed by atoms with Gasteiger partial charge in [0.05, 0.1) is 16.3 Å². The van der Waals surface area contributed by atoms with Gasteiger partial charge < -0.3 is 9.72 Å². The van der Waals surface area contributed by atoms with Crippen molar-refractivity contribution >= 4 is 23.2 Å². The summed E-state index contributed by atoms with van der Waals surface area (Å²) in [6.07, 6.45) is -1.28. The fourth-order valence-corrected chi connectivity index (χ4v) is 3.28. The number of nitrogens with one attached hydrogen (secondary N) is 1. The van der Waals surface area contributed by atoms with E-state index in [0.29, 0.717) is 21.9 Å². The molecule has 1 amide bonds. The first-order valence-corrected chi connectivity index (χ1v) is 9.12. The predicted molar refractivity (Wildman–Crippen MR) is 101 cm³/mol. The second-order valence-electron chi connectivity index (χ2n) is 6.86. The summed E-state index contributed by atoms with van der Waals surface area (Å²) >= 11 is 6.08. The Morgan fingerprint density at radius 2 is 2.00 bits per heavy atom. The van der Waals surface area contributed by atoms with Gasteiger partial charge >= 0.3 is 6.18 Å². The summed E-state index contributed by atoms with van der Waals surface area (Å²) in [6.45, 7) is 3.65. The third-order valence-corrected chi connectivity index (χ3v) is 4.53. The molecule has 3 aromatic rings. The lowest BCUT2D eigenvalue weighted by molar-refractivity contribution is -0.137. The normalized spacial score (nSPS) is 13.1. The van der Waals surface area contributed by atoms with Crippen LogP contribution in [0.1, 0.15) is 43.0 Å². The van der Waals surface area contributed by atoms with E-state index in [0.717, 1.165) is 12.1 Å². The number of hydrogen-bond acceptors (Lipinski definition) is 2. The molecule has 1 aromatic carbocycles. The SMILES string of the molecule is CC(C)NC(=O)CC(c1cccc(C(F)(F)F)c1)c1cnc2ccc(Cl)cn12. The number of rotatable bonds is 5. The van der Waals surface area contributed by atoms with Gasteiger partial charge in [-0.25, -0.2) is 4.98 Å². The standard InChI is InChI=1S/C20H19ClF3N3O/c1-12(2)26-19(28)9-16(13-4-3-5-14(8-13)20(22,23)24)17-10-25-18-7-6-15(21)11-27(17)18/h3-8,10-12,16H,9H2,1-2H3,(H,26,28). The molecule has 0 radical (unpaired) electrons. The van der Waals surface area contributed by atoms with Crippen molar-refractivity contribution in [2.24, 2.45) is 0 Å². The van der Waals surface area contributed by atoms with Gasteiger partial charge in [0.25, 0.3) is 0 Å². The molecule has 0 saturated heterocycles. The van der Waals surface area contributed by atoms with Crippen molar-refractivity contribution in [1.29, 1.82) is 0 Å². The van der Waals surface area contributed by atoms with E-state index in [1.165, 1.54) is 6.07 Å². The number of carbonyl (C=O) groups excluding carboxylic acids is 1. The molecule has 2 heterocycles. The molecule has 3 rings (SSSR count). The average Bonchev–Trinajstić information content (AvgIpc) is 3.01. The number of benzene rings is 1. The van der Waals surface area contributed by atoms with Crippen molar-refractivity contribution < 1.29 is 18.0 Å². The zero-order valence-electron chi connectivity index (χ0n) is 15.3. The summed E-state index contributed by atoms with van der Waals surface area (Å²) in [5.41, 5.74) is 0.818. The van der Waals surface area contributed by atoms with Gasteiger partial charge in [0.1, 0.15) is 5.65 Å². The van der Waals surface area contributed by atoms with Crippen LogP contribution < -0.4 is 5.32 Å². The van der Waals surface area contributed by atoms with Gasteiger partial charge in [-0.15, -0.1) is 0 Å². The maximum Gasteiger partial charge on any atom is 0.416 e. The first-order chi connectivity index (χ1) is 13.1. The number of fused-ring (bicyclic) bond motifs is 1. The molecule has 4 nitrogen and oxygen atoms in total. The molecule has 0 fully saturated rings. The molecule has 1 atom stereocenters. The Balaban J connectivity index is 2.10. The molecule has 0 spiro atoms. The fourth-order valence-electron chi connectivity index (χ4n) is 3.12. The maximum absolute atomic E-state index is 13.2. The highest BCUT2D eigenvalue weighted by Gasteiger charge is 2.32. The smallest absolute Gasteiger partial charge is 0.354 e. The molecule has 1 unspecified atom stereocenters. The summed E-state index contributed by atoms with van der Waals surface area (Å²) in [6, 6.07) is 8.35. The topological polar surface area (TPSA) is 46.4 Å². The van der Waals surface area contributed by atoms with Crippen LogP contribution in [0, 0.1) is 0 Å². The Kier molecular flexibility index (Phi) is 5.65. The third-order valence-electron chi connectivity index (χ3n) is 4.31. The molecular weight excluding hydrogens is 391 g/mol. The van der Waals surface area contributed by atoms with Crippen LogP contribution in [0.5, 0.6) is 0 Å². The Hall–Kier alpha value is -2.54. The third kappa shape index (κ3) is 4.47. The number of nitrogens with zero attached hydrogens (tertiary/aromatic N) is 2. The quantitative estimate of drug-likeness (QED) is 0.640. The summed E-state index contributed by atoms with van der Waals surface area (Å²) in [4.78, 5) is 16.7. The zero-order chi connectivity index (χ0) is 20.5. The van der Waals surface area contributed by atoms with Crippen LogP contribution in [0.3, 0.4) is 0 Å². The van der Waals surface area contributed by atoms with Crippen LogP contribution in [-0.2, 0) is 11.0 Å². The highest BCUT2D eigenvalue weighted by atomic mass is 35.5. The van der Waals surface area contributed by atoms with E-state index in [1.54, 1.807) is 35.0 Å². The van der Waals surface area contributed by atoms with Crippen LogP contribution in [-0.4, -0.2) is 21.3 Å². The predicted octanol–water partition coefficient (Wildman–Crippen LogP) is 5.05. The number of amides is 1. The largest absolute Gasteiger partial charge is 0.416 e. The molecule has 0 saturated carbocycles. The van der Waals surface area contributed by atoms with E-state index < -0.39 is 17.7 Å². The Morgan fingerprint density at radius 1 is 1.25 bits per heavy atom. The highest BCUT2D eigenvalue weighted by molar-refractivity contribution is 6.30. The zero-order valence-corrected chi connectivity index (χ0v) is 16.1. The van der Waals surface area contributed by atoms with E-state index in [2.05, 4.69) is 10.3 Å². The molecule has 0 aliphatic heterocycles. The lowest BCUT2D eigenvalue weighted by atomic mass is 9.91. The average molecular weight is 410 g/mol. The minimum Gasteiger partial charge on any atom is -0.354 e. The summed E-state index contributed by atoms with van der Waals surface area (Å²) < 4.78 is 41.3. The number of aromatic nitrogens is 2. The van der Waals surface area contributed by atoms with Crippen LogP contribution in [0.25, 0.3) is 5.65 Å². The lowest BCUT2D eigenvalue weighted by Crippen LogP contribution is -2.31. The number of imidazole rings is 1. The van der Waals surface area contributed by atoms with E-state index in [4.69, 9.17) is 11.6 Å². The van der Waals surface area contributed by atoms with Crippen molar-refractivity contribution in [3.63, 3.8) is 0 Å². The Labute approximate surface area is 165 Å². The molecule has 2 aromatic heterocycles. The molecular formula is C20H19ClF3N3O. The van der Waals surface area contributed by atoms with Crippen molar-refractivity contribution in [3.8, 4) is 0 Å². The first kappa shape index (κ1) is 20.2. The molecule has 148 valence electrons. The van der Waals surface area contributed by atoms with Gasteiger partial charge in [-0.05, 0) is 37.6 Å². The number of halogens is 4. The van der Waals surface area contributed by atoms with Gasteiger partial charge in [-0.2, -0.15) is 13.2 Å². The lowest BCUT2D eigenvalue weighted by Gasteiger charge is -2.19. The van der Waals surface area contributed by atoms with Crippen molar-refractivity contribution in [2.45, 2.75) is 38.4 Å². The summed E-state index contributed by atoms with van der Waals surface area (Å²) in [5, 5.41) is 3.25. The van der Waals surface area contributed by atoms with Crippen LogP contribution in [0.2, 0.25) is 5.02 Å². The fraction of sp³-hybridized carbons (Fsp3) is 0.300. The van der Waals surface area contributed by atoms with Gasteiger partial charge in [0.15, 0.2) is 0 Å². The van der Waals surface area contributed by atoms with Gasteiger partial charge in [0, 0.05) is 30.8 Å². The van der Waals surface area contributed by atoms with Crippen molar-refractivity contribution in [2.75, 3.05) is 0 Å². The second-order valence-corrected chi connectivity index (χ2v) is 7.30. The van der Waals surface area contributed by atoms with E-state index in [-0.39, 0.29) is 18.4 Å². The molecule has 1 N–H and O–H groups in total. The summed E-state index contributed by atoms with van der Waals surface area (Å²) in [5.74, 6) is -0.871. The first-order valence-electron chi connectivity index (χ1n) is 8.74. The summed E-state index contributed by atoms with van der Waals surface area (Å²) in [7, 11) is 0. The Morgan fingerprint density at radius 3 is 2.68 bits per heavy atom. The van der Waals surface area contributed by atoms with E-state index >= 15 is 0 Å². The van der Waals surface area contributed by atoms with Gasteiger partial charge in [-0.3, -0.25) is 4.79 Å². The number of hydrogen-bond donors (Lipinski definition) is 1. The number of alkyl halides is 3. The van der Waals surface area contributed by atoms with Crippen molar-refractivity contribution in [1.82, 2.24) is 14.7 Å². The minimum atomic E-state index is -4.47. The number of carbonyl (C=O) groups is 1. The molecule has 0 aliphatic carbocycles. The van der Waals surface area contributed by atoms with Gasteiger partial charge in [0.2, 0.25) is 5.91 Å². The molecule has 28 heavy (non-hydrogen) atoms. The van der Waals surface area contributed by atoms with Crippen LogP contribution >= 0.6 is 11.6 Å². The second kappa shape index (κ2) is 7.83. The monoisotopic (exact) mass is 409 g/mol. The van der Waals surface area contributed by atoms with Crippen molar-refractivity contribution in [3.05, 3.63) is 70.6 Å². The Bertz CT molecular complexity index is 998. The molecule has 8 heteroatoms. The van der Waals surface area contributed by atoms with E-state index in [9.17, 15) is 18.0 Å². The minimum absolute atomic E-state index is 0.0141. The van der Waals surface area contributed by atoms with E-state index in [1.807, 2.05) is 13.8 Å². The van der Waals surface area contributed by atoms with Crippen LogP contribution in [0.15, 0.2) is 48.8 Å². The highest BCUT2D eigenvalue weighted by Crippen LogP contribution is 2.34. The maximum atomic E-state index is 13.2.